The molecular weight excluding hydrogens is 415 g/mol. The van der Waals surface area contributed by atoms with E-state index in [4.69, 9.17) is 9.57 Å². The van der Waals surface area contributed by atoms with Gasteiger partial charge in [-0.15, -0.1) is 0 Å². The molecule has 31 heavy (non-hydrogen) atoms. The number of halogens is 3. The van der Waals surface area contributed by atoms with Crippen molar-refractivity contribution in [3.05, 3.63) is 59.4 Å². The van der Waals surface area contributed by atoms with Crippen molar-refractivity contribution in [2.45, 2.75) is 25.2 Å². The van der Waals surface area contributed by atoms with Crippen LogP contribution in [0.15, 0.2) is 58.9 Å². The summed E-state index contributed by atoms with van der Waals surface area (Å²) < 4.78 is 44.3. The first-order valence-corrected chi connectivity index (χ1v) is 9.41. The lowest BCUT2D eigenvalue weighted by Crippen LogP contribution is -2.51. The number of alkyl halides is 3. The summed E-state index contributed by atoms with van der Waals surface area (Å²) in [5.74, 6) is -0.135. The molecule has 162 valence electrons. The summed E-state index contributed by atoms with van der Waals surface area (Å²) in [6.07, 6.45) is -5.76. The normalized spacial score (nSPS) is 22.5. The van der Waals surface area contributed by atoms with Gasteiger partial charge in [0.2, 0.25) is 0 Å². The molecule has 2 aromatic carbocycles. The molecule has 5 rings (SSSR count). The van der Waals surface area contributed by atoms with Gasteiger partial charge in [0.1, 0.15) is 11.6 Å². The Bertz CT molecular complexity index is 1100. The first-order valence-electron chi connectivity index (χ1n) is 9.41. The minimum absolute atomic E-state index is 0.285. The molecule has 2 atom stereocenters. The van der Waals surface area contributed by atoms with E-state index < -0.39 is 18.3 Å². The number of allylic oxidation sites excluding steroid dienone is 1. The number of fused-ring (bicyclic) bond motifs is 3. The van der Waals surface area contributed by atoms with Crippen LogP contribution in [0.25, 0.3) is 0 Å². The molecule has 0 radical (unpaired) electrons. The molecule has 3 aliphatic rings. The Morgan fingerprint density at radius 2 is 2.10 bits per heavy atom. The smallest absolute Gasteiger partial charge is 0.418 e. The number of hydrogen-bond donors (Lipinski definition) is 4. The second-order valence-corrected chi connectivity index (χ2v) is 7.28. The molecule has 4 N–H and O–H groups in total. The highest BCUT2D eigenvalue weighted by molar-refractivity contribution is 5.85. The van der Waals surface area contributed by atoms with E-state index in [1.165, 1.54) is 18.2 Å². The van der Waals surface area contributed by atoms with E-state index >= 15 is 0 Å². The van der Waals surface area contributed by atoms with Crippen molar-refractivity contribution in [3.63, 3.8) is 0 Å². The Kier molecular flexibility index (Phi) is 4.27. The average Bonchev–Trinajstić information content (AvgIpc) is 3.31. The molecule has 3 aliphatic heterocycles. The quantitative estimate of drug-likeness (QED) is 0.588. The van der Waals surface area contributed by atoms with Gasteiger partial charge in [0.05, 0.1) is 11.4 Å². The molecule has 0 aromatic heterocycles. The van der Waals surface area contributed by atoms with E-state index in [-0.39, 0.29) is 11.3 Å². The standard InChI is InChI=1S/C20H18F3N5O3/c1-11-9-25-20(26-13-4-2-3-12(7-13)17(29)19(21,22)23)28(18(11)27-31-20)14-5-6-16-15(8-14)24-10-30-16/h2-9,17,24,26-27,29H,10H2,1H3. The van der Waals surface area contributed by atoms with Crippen LogP contribution >= 0.6 is 0 Å². The number of nitrogens with one attached hydrogen (secondary N) is 3. The number of hydroxylamine groups is 1. The molecule has 11 heteroatoms. The van der Waals surface area contributed by atoms with Gasteiger partial charge < -0.3 is 20.5 Å². The molecule has 0 spiro atoms. The number of aliphatic imine (C=N–C) groups is 1. The molecule has 2 aromatic rings. The Morgan fingerprint density at radius 3 is 2.90 bits per heavy atom. The monoisotopic (exact) mass is 433 g/mol. The third-order valence-corrected chi connectivity index (χ3v) is 5.15. The second kappa shape index (κ2) is 6.79. The second-order valence-electron chi connectivity index (χ2n) is 7.28. The van der Waals surface area contributed by atoms with Crippen molar-refractivity contribution in [2.75, 3.05) is 22.3 Å². The fourth-order valence-corrected chi connectivity index (χ4v) is 3.64. The molecule has 0 saturated carbocycles. The van der Waals surface area contributed by atoms with Crippen LogP contribution in [0.1, 0.15) is 18.6 Å². The minimum Gasteiger partial charge on any atom is -0.471 e. The van der Waals surface area contributed by atoms with Gasteiger partial charge >= 0.3 is 12.1 Å². The van der Waals surface area contributed by atoms with Gasteiger partial charge in [0, 0.05) is 17.5 Å². The lowest BCUT2D eigenvalue weighted by Gasteiger charge is -2.36. The Labute approximate surface area is 174 Å². The third-order valence-electron chi connectivity index (χ3n) is 5.15. The highest BCUT2D eigenvalue weighted by Crippen LogP contribution is 2.42. The predicted octanol–water partition coefficient (Wildman–Crippen LogP) is 3.42. The van der Waals surface area contributed by atoms with E-state index in [0.717, 1.165) is 11.3 Å². The summed E-state index contributed by atoms with van der Waals surface area (Å²) in [7, 11) is 0. The van der Waals surface area contributed by atoms with E-state index in [2.05, 4.69) is 21.1 Å². The van der Waals surface area contributed by atoms with Crippen LogP contribution in [0.5, 0.6) is 5.75 Å². The highest BCUT2D eigenvalue weighted by Gasteiger charge is 2.50. The summed E-state index contributed by atoms with van der Waals surface area (Å²) in [5, 5.41) is 15.8. The summed E-state index contributed by atoms with van der Waals surface area (Å²) in [4.78, 5) is 12.0. The fourth-order valence-electron chi connectivity index (χ4n) is 3.64. The van der Waals surface area contributed by atoms with Gasteiger partial charge in [0.25, 0.3) is 0 Å². The molecule has 2 unspecified atom stereocenters. The topological polar surface area (TPSA) is 90.4 Å². The minimum atomic E-state index is -4.77. The Morgan fingerprint density at radius 1 is 1.26 bits per heavy atom. The lowest BCUT2D eigenvalue weighted by atomic mass is 10.1. The van der Waals surface area contributed by atoms with Crippen LogP contribution in [0, 0.1) is 0 Å². The van der Waals surface area contributed by atoms with Gasteiger partial charge in [-0.2, -0.15) is 13.2 Å². The van der Waals surface area contributed by atoms with Gasteiger partial charge in [-0.05, 0) is 42.8 Å². The maximum atomic E-state index is 12.9. The number of hydrogen-bond acceptors (Lipinski definition) is 8. The van der Waals surface area contributed by atoms with Crippen LogP contribution < -0.4 is 25.8 Å². The van der Waals surface area contributed by atoms with E-state index in [1.54, 1.807) is 17.2 Å². The maximum Gasteiger partial charge on any atom is 0.418 e. The summed E-state index contributed by atoms with van der Waals surface area (Å²) in [6, 6.07) is 10.9. The van der Waals surface area contributed by atoms with Gasteiger partial charge in [-0.1, -0.05) is 12.1 Å². The van der Waals surface area contributed by atoms with Crippen LogP contribution in [0.4, 0.5) is 30.2 Å². The Hall–Kier alpha value is -3.44. The summed E-state index contributed by atoms with van der Waals surface area (Å²) in [5.41, 5.74) is 5.16. The van der Waals surface area contributed by atoms with Crippen LogP contribution in [-0.2, 0) is 4.84 Å². The number of benzene rings is 2. The third kappa shape index (κ3) is 3.22. The van der Waals surface area contributed by atoms with Crippen LogP contribution in [-0.4, -0.2) is 30.2 Å². The Balaban J connectivity index is 1.51. The van der Waals surface area contributed by atoms with Crippen molar-refractivity contribution in [1.29, 1.82) is 0 Å². The van der Waals surface area contributed by atoms with Gasteiger partial charge in [-0.3, -0.25) is 4.90 Å². The molecule has 1 saturated heterocycles. The molecular formula is C20H18F3N5O3. The molecule has 3 heterocycles. The zero-order valence-corrected chi connectivity index (χ0v) is 16.2. The molecule has 1 fully saturated rings. The van der Waals surface area contributed by atoms with E-state index in [1.807, 2.05) is 25.1 Å². The van der Waals surface area contributed by atoms with Crippen molar-refractivity contribution < 1.29 is 27.9 Å². The maximum absolute atomic E-state index is 12.9. The van der Waals surface area contributed by atoms with Crippen molar-refractivity contribution in [1.82, 2.24) is 5.48 Å². The number of aliphatic hydroxyl groups excluding tert-OH is 1. The first kappa shape index (κ1) is 19.5. The first-order chi connectivity index (χ1) is 14.8. The molecule has 8 nitrogen and oxygen atoms in total. The van der Waals surface area contributed by atoms with Crippen molar-refractivity contribution in [2.24, 2.45) is 4.99 Å². The van der Waals surface area contributed by atoms with Crippen LogP contribution in [0.3, 0.4) is 0 Å². The number of rotatable bonds is 4. The lowest BCUT2D eigenvalue weighted by molar-refractivity contribution is -0.206. The number of nitrogens with zero attached hydrogens (tertiary/aromatic N) is 2. The van der Waals surface area contributed by atoms with E-state index in [9.17, 15) is 18.3 Å². The highest BCUT2D eigenvalue weighted by atomic mass is 19.4. The molecule has 0 amide bonds. The SMILES string of the molecule is CC1=C2NOC(Nc3cccc(C(O)C(F)(F)F)c3)(N=C1)N2c1ccc2c(c1)NCO2. The van der Waals surface area contributed by atoms with Gasteiger partial charge in [0.15, 0.2) is 12.8 Å². The number of aliphatic hydroxyl groups is 1. The average molecular weight is 433 g/mol. The van der Waals surface area contributed by atoms with E-state index in [0.29, 0.717) is 24.0 Å². The van der Waals surface area contributed by atoms with Crippen LogP contribution in [0.2, 0.25) is 0 Å². The van der Waals surface area contributed by atoms with Crippen molar-refractivity contribution >= 4 is 23.3 Å². The predicted molar refractivity (Wildman–Crippen MR) is 107 cm³/mol. The number of anilines is 3. The molecule has 2 bridgehead atoms. The largest absolute Gasteiger partial charge is 0.471 e. The zero-order valence-electron chi connectivity index (χ0n) is 16.2. The molecule has 0 aliphatic carbocycles. The van der Waals surface area contributed by atoms with Crippen molar-refractivity contribution in [3.8, 4) is 5.75 Å². The summed E-state index contributed by atoms with van der Waals surface area (Å²) >= 11 is 0. The summed E-state index contributed by atoms with van der Waals surface area (Å²) in [6.45, 7) is 2.22. The van der Waals surface area contributed by atoms with Gasteiger partial charge in [-0.25, -0.2) is 15.3 Å². The zero-order chi connectivity index (χ0) is 21.8. The number of ether oxygens (including phenoxy) is 1. The fraction of sp³-hybridized carbons (Fsp3) is 0.250.